The summed E-state index contributed by atoms with van der Waals surface area (Å²) >= 11 is 3.33. The van der Waals surface area contributed by atoms with Crippen molar-refractivity contribution in [3.05, 3.63) is 34.6 Å². The summed E-state index contributed by atoms with van der Waals surface area (Å²) in [6, 6.07) is 1.81. The Morgan fingerprint density at radius 3 is 2.95 bits per heavy atom. The van der Waals surface area contributed by atoms with E-state index in [9.17, 15) is 4.39 Å². The number of fused-ring (bicyclic) bond motifs is 1. The van der Waals surface area contributed by atoms with Crippen LogP contribution in [0.5, 0.6) is 0 Å². The molecule has 3 N–H and O–H groups in total. The van der Waals surface area contributed by atoms with Gasteiger partial charge in [-0.3, -0.25) is 0 Å². The summed E-state index contributed by atoms with van der Waals surface area (Å²) < 4.78 is 14.5. The Bertz CT molecular complexity index is 783. The summed E-state index contributed by atoms with van der Waals surface area (Å²) in [7, 11) is 0. The lowest BCUT2D eigenvalue weighted by Crippen LogP contribution is -1.98. The Morgan fingerprint density at radius 1 is 1.37 bits per heavy atom. The number of rotatable bonds is 1. The van der Waals surface area contributed by atoms with Crippen molar-refractivity contribution >= 4 is 32.8 Å². The lowest BCUT2D eigenvalue weighted by atomic mass is 10.1. The molecule has 3 rings (SSSR count). The van der Waals surface area contributed by atoms with Crippen LogP contribution in [0.3, 0.4) is 0 Å². The van der Waals surface area contributed by atoms with Crippen LogP contribution < -0.4 is 5.73 Å². The number of pyridine rings is 1. The van der Waals surface area contributed by atoms with E-state index in [0.29, 0.717) is 10.2 Å². The third-order valence-electron chi connectivity index (χ3n) is 2.84. The van der Waals surface area contributed by atoms with E-state index < -0.39 is 5.82 Å². The first-order valence-corrected chi connectivity index (χ1v) is 6.28. The Kier molecular flexibility index (Phi) is 2.70. The fourth-order valence-electron chi connectivity index (χ4n) is 2.02. The van der Waals surface area contributed by atoms with E-state index in [1.807, 2.05) is 13.0 Å². The van der Waals surface area contributed by atoms with Crippen LogP contribution in [-0.4, -0.2) is 19.9 Å². The van der Waals surface area contributed by atoms with Crippen LogP contribution in [0, 0.1) is 12.7 Å². The van der Waals surface area contributed by atoms with Crippen LogP contribution in [0.25, 0.3) is 22.2 Å². The highest BCUT2D eigenvalue weighted by Gasteiger charge is 2.15. The van der Waals surface area contributed by atoms with Crippen LogP contribution in [0.2, 0.25) is 0 Å². The first-order chi connectivity index (χ1) is 9.06. The Morgan fingerprint density at radius 2 is 2.16 bits per heavy atom. The third kappa shape index (κ3) is 1.95. The number of nitrogens with two attached hydrogens (primary N) is 1. The highest BCUT2D eigenvalue weighted by Crippen LogP contribution is 2.31. The fourth-order valence-corrected chi connectivity index (χ4v) is 2.51. The molecule has 0 fully saturated rings. The zero-order chi connectivity index (χ0) is 13.6. The summed E-state index contributed by atoms with van der Waals surface area (Å²) in [4.78, 5) is 14.9. The molecular formula is C12H9BrFN5. The quantitative estimate of drug-likeness (QED) is 0.675. The number of aromatic nitrogens is 4. The van der Waals surface area contributed by atoms with Gasteiger partial charge in [0.15, 0.2) is 5.82 Å². The summed E-state index contributed by atoms with van der Waals surface area (Å²) in [6.07, 6.45) is 2.76. The van der Waals surface area contributed by atoms with Gasteiger partial charge >= 0.3 is 0 Å². The van der Waals surface area contributed by atoms with Crippen molar-refractivity contribution in [1.82, 2.24) is 19.9 Å². The van der Waals surface area contributed by atoms with Gasteiger partial charge in [-0.1, -0.05) is 0 Å². The second-order valence-electron chi connectivity index (χ2n) is 4.08. The van der Waals surface area contributed by atoms with Gasteiger partial charge in [-0.15, -0.1) is 0 Å². The maximum atomic E-state index is 13.8. The van der Waals surface area contributed by atoms with Gasteiger partial charge in [0, 0.05) is 17.1 Å². The highest BCUT2D eigenvalue weighted by atomic mass is 79.9. The minimum atomic E-state index is -0.513. The number of aromatic amines is 1. The van der Waals surface area contributed by atoms with Gasteiger partial charge in [0.05, 0.1) is 17.4 Å². The van der Waals surface area contributed by atoms with E-state index in [4.69, 9.17) is 5.73 Å². The van der Waals surface area contributed by atoms with E-state index in [-0.39, 0.29) is 11.6 Å². The molecule has 3 aromatic rings. The first kappa shape index (κ1) is 12.0. The molecule has 19 heavy (non-hydrogen) atoms. The van der Waals surface area contributed by atoms with Crippen LogP contribution >= 0.6 is 15.9 Å². The minimum Gasteiger partial charge on any atom is -0.368 e. The highest BCUT2D eigenvalue weighted by molar-refractivity contribution is 9.10. The molecule has 7 heteroatoms. The molecule has 0 spiro atoms. The third-order valence-corrected chi connectivity index (χ3v) is 3.24. The van der Waals surface area contributed by atoms with Gasteiger partial charge in [0.2, 0.25) is 5.95 Å². The summed E-state index contributed by atoms with van der Waals surface area (Å²) in [6.45, 7) is 1.87. The summed E-state index contributed by atoms with van der Waals surface area (Å²) in [5.41, 5.74) is 7.99. The molecule has 0 radical (unpaired) electrons. The van der Waals surface area contributed by atoms with Crippen molar-refractivity contribution in [2.45, 2.75) is 6.92 Å². The standard InChI is InChI=1S/C12H9BrFN5/c1-5-10-6(2-9(13)18-5)7(3-16-10)11-8(14)4-17-12(15)19-11/h2-4,16H,1H3,(H2,15,17,19). The Hall–Kier alpha value is -2.02. The van der Waals surface area contributed by atoms with E-state index >= 15 is 0 Å². The monoisotopic (exact) mass is 321 g/mol. The van der Waals surface area contributed by atoms with Gasteiger partial charge < -0.3 is 10.7 Å². The predicted molar refractivity (Wildman–Crippen MR) is 73.9 cm³/mol. The smallest absolute Gasteiger partial charge is 0.220 e. The molecular weight excluding hydrogens is 313 g/mol. The average molecular weight is 322 g/mol. The van der Waals surface area contributed by atoms with Gasteiger partial charge in [0.25, 0.3) is 0 Å². The predicted octanol–water partition coefficient (Wildman–Crippen LogP) is 2.81. The zero-order valence-corrected chi connectivity index (χ0v) is 11.5. The van der Waals surface area contributed by atoms with Crippen molar-refractivity contribution in [3.63, 3.8) is 0 Å². The number of halogens is 2. The molecule has 0 aliphatic carbocycles. The van der Waals surface area contributed by atoms with Crippen molar-refractivity contribution in [2.75, 3.05) is 5.73 Å². The number of nitrogens with zero attached hydrogens (tertiary/aromatic N) is 3. The fraction of sp³-hybridized carbons (Fsp3) is 0.0833. The maximum Gasteiger partial charge on any atom is 0.220 e. The molecule has 0 saturated carbocycles. The molecule has 0 bridgehead atoms. The molecule has 3 aromatic heterocycles. The summed E-state index contributed by atoms with van der Waals surface area (Å²) in [5, 5.41) is 0.830. The average Bonchev–Trinajstić information content (AvgIpc) is 2.76. The minimum absolute atomic E-state index is 0.0376. The van der Waals surface area contributed by atoms with Gasteiger partial charge in [0.1, 0.15) is 10.3 Å². The molecule has 0 atom stereocenters. The maximum absolute atomic E-state index is 13.8. The largest absolute Gasteiger partial charge is 0.368 e. The lowest BCUT2D eigenvalue weighted by molar-refractivity contribution is 0.619. The summed E-state index contributed by atoms with van der Waals surface area (Å²) in [5.74, 6) is -0.476. The second-order valence-corrected chi connectivity index (χ2v) is 4.89. The molecule has 0 aromatic carbocycles. The zero-order valence-electron chi connectivity index (χ0n) is 9.91. The van der Waals surface area contributed by atoms with Crippen molar-refractivity contribution in [3.8, 4) is 11.3 Å². The van der Waals surface area contributed by atoms with Crippen molar-refractivity contribution in [1.29, 1.82) is 0 Å². The van der Waals surface area contributed by atoms with Crippen LogP contribution in [-0.2, 0) is 0 Å². The number of H-pyrrole nitrogens is 1. The first-order valence-electron chi connectivity index (χ1n) is 5.49. The van der Waals surface area contributed by atoms with Crippen molar-refractivity contribution in [2.24, 2.45) is 0 Å². The van der Waals surface area contributed by atoms with Gasteiger partial charge in [-0.25, -0.2) is 19.3 Å². The van der Waals surface area contributed by atoms with E-state index in [1.165, 1.54) is 0 Å². The van der Waals surface area contributed by atoms with E-state index in [0.717, 1.165) is 22.8 Å². The Balaban J connectivity index is 2.34. The Labute approximate surface area is 116 Å². The molecule has 0 amide bonds. The number of nitrogen functional groups attached to an aromatic ring is 1. The van der Waals surface area contributed by atoms with Gasteiger partial charge in [-0.05, 0) is 28.9 Å². The molecule has 0 unspecified atom stereocenters. The van der Waals surface area contributed by atoms with E-state index in [2.05, 4.69) is 35.9 Å². The SMILES string of the molecule is Cc1nc(Br)cc2c(-c3nc(N)ncc3F)c[nH]c12. The molecule has 5 nitrogen and oxygen atoms in total. The molecule has 0 aliphatic heterocycles. The number of anilines is 1. The van der Waals surface area contributed by atoms with Crippen LogP contribution in [0.15, 0.2) is 23.1 Å². The number of aryl methyl sites for hydroxylation is 1. The van der Waals surface area contributed by atoms with Crippen molar-refractivity contribution < 1.29 is 4.39 Å². The van der Waals surface area contributed by atoms with Gasteiger partial charge in [-0.2, -0.15) is 0 Å². The topological polar surface area (TPSA) is 80.5 Å². The number of nitrogens with one attached hydrogen (secondary N) is 1. The number of hydrogen-bond acceptors (Lipinski definition) is 4. The van der Waals surface area contributed by atoms with Crippen LogP contribution in [0.1, 0.15) is 5.69 Å². The molecule has 96 valence electrons. The number of hydrogen-bond donors (Lipinski definition) is 2. The molecule has 3 heterocycles. The normalized spacial score (nSPS) is 11.1. The second kappa shape index (κ2) is 4.27. The lowest BCUT2D eigenvalue weighted by Gasteiger charge is -2.02. The van der Waals surface area contributed by atoms with Crippen LogP contribution in [0.4, 0.5) is 10.3 Å². The van der Waals surface area contributed by atoms with E-state index in [1.54, 1.807) is 6.20 Å². The molecule has 0 saturated heterocycles. The molecule has 0 aliphatic rings.